The largest absolute Gasteiger partial charge is 0.492 e. The summed E-state index contributed by atoms with van der Waals surface area (Å²) in [4.78, 5) is 17.5. The van der Waals surface area contributed by atoms with E-state index in [4.69, 9.17) is 4.74 Å². The lowest BCUT2D eigenvalue weighted by Crippen LogP contribution is -2.51. The number of rotatable bonds is 10. The number of carbonyl (C=O) groups is 1. The highest BCUT2D eigenvalue weighted by Crippen LogP contribution is 2.32. The van der Waals surface area contributed by atoms with E-state index in [0.717, 1.165) is 25.2 Å². The number of sulfonamides is 1. The van der Waals surface area contributed by atoms with Crippen LogP contribution >= 0.6 is 0 Å². The topological polar surface area (TPSA) is 70.2 Å². The lowest BCUT2D eigenvalue weighted by atomic mass is 10.2. The Hall–Kier alpha value is -3.62. The standard InChI is InChI=1S/C29H33N3O4S/c1-2-36-28-18-10-9-17-27(28)32(37(34,35)26-15-7-4-8-16-26)24-29(33)31-22-20-30(21-23-31)19-11-14-25-12-5-3-6-13-25/h3-18H,2,19-24H2,1H3/b14-11+. The molecule has 1 amide bonds. The van der Waals surface area contributed by atoms with Crippen molar-refractivity contribution in [2.75, 3.05) is 50.2 Å². The minimum absolute atomic E-state index is 0.129. The highest BCUT2D eigenvalue weighted by Gasteiger charge is 2.31. The number of nitrogens with zero attached hydrogens (tertiary/aromatic N) is 3. The van der Waals surface area contributed by atoms with Crippen LogP contribution in [0.3, 0.4) is 0 Å². The number of carbonyl (C=O) groups excluding carboxylic acids is 1. The van der Waals surface area contributed by atoms with Gasteiger partial charge in [-0.3, -0.25) is 14.0 Å². The first kappa shape index (κ1) is 26.4. The van der Waals surface area contributed by atoms with Crippen LogP contribution in [0.2, 0.25) is 0 Å². The zero-order valence-corrected chi connectivity index (χ0v) is 21.9. The Morgan fingerprint density at radius 2 is 1.51 bits per heavy atom. The van der Waals surface area contributed by atoms with Gasteiger partial charge in [0.2, 0.25) is 5.91 Å². The molecule has 4 rings (SSSR count). The van der Waals surface area contributed by atoms with Crippen molar-refractivity contribution in [2.24, 2.45) is 0 Å². The number of hydrogen-bond donors (Lipinski definition) is 0. The summed E-state index contributed by atoms with van der Waals surface area (Å²) in [6.45, 7) is 5.27. The fraction of sp³-hybridized carbons (Fsp3) is 0.276. The van der Waals surface area contributed by atoms with Gasteiger partial charge in [-0.1, -0.05) is 72.8 Å². The van der Waals surface area contributed by atoms with Gasteiger partial charge in [-0.15, -0.1) is 0 Å². The zero-order chi connectivity index (χ0) is 26.1. The summed E-state index contributed by atoms with van der Waals surface area (Å²) in [5, 5.41) is 0. The first-order chi connectivity index (χ1) is 18.0. The lowest BCUT2D eigenvalue weighted by Gasteiger charge is -2.35. The van der Waals surface area contributed by atoms with Crippen molar-refractivity contribution in [1.82, 2.24) is 9.80 Å². The summed E-state index contributed by atoms with van der Waals surface area (Å²) >= 11 is 0. The Balaban J connectivity index is 1.46. The number of piperazine rings is 1. The highest BCUT2D eigenvalue weighted by atomic mass is 32.2. The van der Waals surface area contributed by atoms with Crippen molar-refractivity contribution in [3.8, 4) is 5.75 Å². The fourth-order valence-corrected chi connectivity index (χ4v) is 5.71. The zero-order valence-electron chi connectivity index (χ0n) is 21.1. The summed E-state index contributed by atoms with van der Waals surface area (Å²) in [5.41, 5.74) is 1.51. The molecule has 3 aromatic rings. The van der Waals surface area contributed by atoms with Crippen molar-refractivity contribution in [3.63, 3.8) is 0 Å². The second-order valence-corrected chi connectivity index (χ2v) is 10.6. The maximum absolute atomic E-state index is 13.7. The van der Waals surface area contributed by atoms with Gasteiger partial charge in [0.1, 0.15) is 12.3 Å². The molecule has 0 spiro atoms. The number of amides is 1. The first-order valence-electron chi connectivity index (χ1n) is 12.5. The normalized spacial score (nSPS) is 14.6. The van der Waals surface area contributed by atoms with Gasteiger partial charge in [-0.2, -0.15) is 0 Å². The minimum atomic E-state index is -3.99. The summed E-state index contributed by atoms with van der Waals surface area (Å²) < 4.78 is 34.2. The van der Waals surface area contributed by atoms with Crippen LogP contribution in [0.5, 0.6) is 5.75 Å². The number of ether oxygens (including phenoxy) is 1. The molecule has 0 radical (unpaired) electrons. The van der Waals surface area contributed by atoms with Crippen LogP contribution in [-0.4, -0.2) is 70.0 Å². The fourth-order valence-electron chi connectivity index (χ4n) is 4.26. The molecule has 1 aliphatic heterocycles. The van der Waals surface area contributed by atoms with Crippen LogP contribution in [0.1, 0.15) is 12.5 Å². The Bertz CT molecular complexity index is 1290. The van der Waals surface area contributed by atoms with Gasteiger partial charge in [-0.25, -0.2) is 8.42 Å². The Labute approximate surface area is 219 Å². The maximum Gasteiger partial charge on any atom is 0.264 e. The smallest absolute Gasteiger partial charge is 0.264 e. The Morgan fingerprint density at radius 3 is 2.19 bits per heavy atom. The quantitative estimate of drug-likeness (QED) is 0.403. The van der Waals surface area contributed by atoms with E-state index in [1.54, 1.807) is 47.4 Å². The minimum Gasteiger partial charge on any atom is -0.492 e. The third kappa shape index (κ3) is 6.78. The average Bonchev–Trinajstić information content (AvgIpc) is 2.93. The number of benzene rings is 3. The van der Waals surface area contributed by atoms with Gasteiger partial charge in [0.15, 0.2) is 0 Å². The molecule has 1 saturated heterocycles. The van der Waals surface area contributed by atoms with Crippen LogP contribution in [0.15, 0.2) is 95.9 Å². The van der Waals surface area contributed by atoms with E-state index < -0.39 is 10.0 Å². The van der Waals surface area contributed by atoms with Crippen LogP contribution < -0.4 is 9.04 Å². The van der Waals surface area contributed by atoms with Gasteiger partial charge in [0.25, 0.3) is 10.0 Å². The van der Waals surface area contributed by atoms with Gasteiger partial charge in [0, 0.05) is 32.7 Å². The van der Waals surface area contributed by atoms with Crippen LogP contribution in [0.4, 0.5) is 5.69 Å². The molecule has 1 aliphatic rings. The van der Waals surface area contributed by atoms with Crippen molar-refractivity contribution in [1.29, 1.82) is 0 Å². The summed E-state index contributed by atoms with van der Waals surface area (Å²) in [6.07, 6.45) is 4.23. The Kier molecular flexibility index (Phi) is 8.98. The monoisotopic (exact) mass is 519 g/mol. The maximum atomic E-state index is 13.7. The third-order valence-electron chi connectivity index (χ3n) is 6.24. The molecule has 37 heavy (non-hydrogen) atoms. The summed E-state index contributed by atoms with van der Waals surface area (Å²) in [7, 11) is -3.99. The number of para-hydroxylation sites is 2. The molecule has 8 heteroatoms. The van der Waals surface area contributed by atoms with E-state index in [1.807, 2.05) is 25.1 Å². The molecule has 0 saturated carbocycles. The Morgan fingerprint density at radius 1 is 0.892 bits per heavy atom. The van der Waals surface area contributed by atoms with E-state index in [2.05, 4.69) is 29.2 Å². The lowest BCUT2D eigenvalue weighted by molar-refractivity contribution is -0.131. The first-order valence-corrected chi connectivity index (χ1v) is 13.9. The molecule has 1 heterocycles. The van der Waals surface area contributed by atoms with Crippen LogP contribution in [0, 0.1) is 0 Å². The van der Waals surface area contributed by atoms with E-state index >= 15 is 0 Å². The van der Waals surface area contributed by atoms with E-state index in [1.165, 1.54) is 16.4 Å². The average molecular weight is 520 g/mol. The molecule has 0 aromatic heterocycles. The molecule has 7 nitrogen and oxygen atoms in total. The van der Waals surface area contributed by atoms with E-state index in [9.17, 15) is 13.2 Å². The molecule has 0 atom stereocenters. The molecule has 0 unspecified atom stereocenters. The molecule has 0 bridgehead atoms. The molecular formula is C29H33N3O4S. The number of anilines is 1. The second-order valence-electron chi connectivity index (χ2n) is 8.72. The van der Waals surface area contributed by atoms with E-state index in [0.29, 0.717) is 31.1 Å². The van der Waals surface area contributed by atoms with Crippen molar-refractivity contribution < 1.29 is 17.9 Å². The van der Waals surface area contributed by atoms with Gasteiger partial charge in [-0.05, 0) is 36.8 Å². The second kappa shape index (κ2) is 12.6. The molecular weight excluding hydrogens is 486 g/mol. The van der Waals surface area contributed by atoms with Crippen molar-refractivity contribution >= 4 is 27.7 Å². The molecule has 194 valence electrons. The summed E-state index contributed by atoms with van der Waals surface area (Å²) in [5.74, 6) is 0.192. The SMILES string of the molecule is CCOc1ccccc1N(CC(=O)N1CCN(C/C=C/c2ccccc2)CC1)S(=O)(=O)c1ccccc1. The van der Waals surface area contributed by atoms with Crippen LogP contribution in [-0.2, 0) is 14.8 Å². The highest BCUT2D eigenvalue weighted by molar-refractivity contribution is 7.92. The van der Waals surface area contributed by atoms with Crippen molar-refractivity contribution in [2.45, 2.75) is 11.8 Å². The van der Waals surface area contributed by atoms with Gasteiger partial charge >= 0.3 is 0 Å². The molecule has 0 N–H and O–H groups in total. The predicted molar refractivity (Wildman–Crippen MR) is 147 cm³/mol. The molecule has 3 aromatic carbocycles. The van der Waals surface area contributed by atoms with Gasteiger partial charge in [0.05, 0.1) is 17.2 Å². The number of hydrogen-bond acceptors (Lipinski definition) is 5. The summed E-state index contributed by atoms with van der Waals surface area (Å²) in [6, 6.07) is 25.3. The third-order valence-corrected chi connectivity index (χ3v) is 8.02. The van der Waals surface area contributed by atoms with E-state index in [-0.39, 0.29) is 17.3 Å². The van der Waals surface area contributed by atoms with Crippen molar-refractivity contribution in [3.05, 3.63) is 96.6 Å². The van der Waals surface area contributed by atoms with Gasteiger partial charge < -0.3 is 9.64 Å². The predicted octanol–water partition coefficient (Wildman–Crippen LogP) is 4.14. The molecule has 1 fully saturated rings. The molecule has 0 aliphatic carbocycles. The van der Waals surface area contributed by atoms with Crippen LogP contribution in [0.25, 0.3) is 6.08 Å².